The van der Waals surface area contributed by atoms with Crippen LogP contribution in [0.15, 0.2) is 41.4 Å². The number of nitrogens with zero attached hydrogens (tertiary/aromatic N) is 5. The van der Waals surface area contributed by atoms with Gasteiger partial charge in [0.2, 0.25) is 5.95 Å². The van der Waals surface area contributed by atoms with Crippen LogP contribution in [0.1, 0.15) is 11.4 Å². The molecule has 3 heterocycles. The maximum atomic E-state index is 8.94. The predicted octanol–water partition coefficient (Wildman–Crippen LogP) is 4.39. The summed E-state index contributed by atoms with van der Waals surface area (Å²) in [6.45, 7) is 1.88. The van der Waals surface area contributed by atoms with Gasteiger partial charge in [0, 0.05) is 11.9 Å². The lowest BCUT2D eigenvalue weighted by Gasteiger charge is -2.08. The molecule has 0 atom stereocenters. The van der Waals surface area contributed by atoms with E-state index >= 15 is 0 Å². The molecule has 24 heavy (non-hydrogen) atoms. The number of thiophene rings is 1. The molecule has 0 spiro atoms. The molecule has 7 heteroatoms. The lowest BCUT2D eigenvalue weighted by molar-refractivity contribution is 0.914. The maximum Gasteiger partial charge on any atom is 0.234 e. The summed E-state index contributed by atoms with van der Waals surface area (Å²) in [5.41, 5.74) is 2.21. The van der Waals surface area contributed by atoms with Crippen molar-refractivity contribution >= 4 is 29.0 Å². The van der Waals surface area contributed by atoms with Gasteiger partial charge < -0.3 is 0 Å². The van der Waals surface area contributed by atoms with Gasteiger partial charge >= 0.3 is 0 Å². The average Bonchev–Trinajstić information content (AvgIpc) is 3.20. The first kappa shape index (κ1) is 15.9. The van der Waals surface area contributed by atoms with Gasteiger partial charge in [-0.05, 0) is 42.6 Å². The lowest BCUT2D eigenvalue weighted by atomic mass is 10.2. The second-order valence-corrected chi connectivity index (χ2v) is 6.20. The first-order valence-corrected chi connectivity index (χ1v) is 8.17. The van der Waals surface area contributed by atoms with E-state index in [0.717, 1.165) is 16.3 Å². The van der Waals surface area contributed by atoms with Crippen LogP contribution in [0.4, 0.5) is 0 Å². The molecule has 0 unspecified atom stereocenters. The molecular weight excluding hydrogens is 342 g/mol. The minimum Gasteiger partial charge on any atom is -0.286 e. The fourth-order valence-corrected chi connectivity index (χ4v) is 3.30. The third kappa shape index (κ3) is 3.07. The second-order valence-electron chi connectivity index (χ2n) is 4.88. The van der Waals surface area contributed by atoms with Crippen molar-refractivity contribution < 1.29 is 0 Å². The zero-order chi connectivity index (χ0) is 17.1. The van der Waals surface area contributed by atoms with Crippen LogP contribution >= 0.6 is 22.9 Å². The normalized spacial score (nSPS) is 10.0. The average molecular weight is 352 g/mol. The summed E-state index contributed by atoms with van der Waals surface area (Å²) < 4.78 is 1.73. The lowest BCUT2D eigenvalue weighted by Crippen LogP contribution is -2.04. The summed E-state index contributed by atoms with van der Waals surface area (Å²) in [6, 6.07) is 11.0. The Hall–Kier alpha value is -2.93. The minimum absolute atomic E-state index is 0.0177. The quantitative estimate of drug-likeness (QED) is 0.655. The molecule has 116 valence electrons. The summed E-state index contributed by atoms with van der Waals surface area (Å²) in [5.74, 6) is 0.459. The molecule has 0 N–H and O–H groups in total. The van der Waals surface area contributed by atoms with Crippen LogP contribution in [0.3, 0.4) is 0 Å². The molecular formula is C17H10ClN5S. The number of rotatable bonds is 3. The Morgan fingerprint density at radius 2 is 2.08 bits per heavy atom. The molecule has 0 radical (unpaired) electrons. The molecule has 0 saturated carbocycles. The molecule has 3 rings (SSSR count). The summed E-state index contributed by atoms with van der Waals surface area (Å²) in [6.07, 6.45) is 3.29. The van der Waals surface area contributed by atoms with E-state index in [-0.39, 0.29) is 5.57 Å². The molecule has 0 aliphatic heterocycles. The van der Waals surface area contributed by atoms with Gasteiger partial charge in [0.1, 0.15) is 17.7 Å². The van der Waals surface area contributed by atoms with Crippen molar-refractivity contribution in [2.75, 3.05) is 0 Å². The van der Waals surface area contributed by atoms with E-state index in [1.165, 1.54) is 17.4 Å². The zero-order valence-electron chi connectivity index (χ0n) is 12.6. The molecule has 0 aliphatic rings. The van der Waals surface area contributed by atoms with Crippen molar-refractivity contribution in [2.45, 2.75) is 6.92 Å². The standard InChI is InChI=1S/C17H10ClN5S/c1-11-7-15(16-14(18)4-6-24-16)22-17(21-11)23-5-2-3-13(23)8-12(9-19)10-20/h2-8H,1H3. The predicted molar refractivity (Wildman–Crippen MR) is 93.6 cm³/mol. The van der Waals surface area contributed by atoms with Gasteiger partial charge in [-0.1, -0.05) is 11.6 Å². The Morgan fingerprint density at radius 3 is 2.75 bits per heavy atom. The van der Waals surface area contributed by atoms with E-state index in [1.807, 2.05) is 42.6 Å². The van der Waals surface area contributed by atoms with Crippen LogP contribution in [0, 0.1) is 29.6 Å². The Morgan fingerprint density at radius 1 is 1.29 bits per heavy atom. The molecule has 0 aromatic carbocycles. The van der Waals surface area contributed by atoms with E-state index in [4.69, 9.17) is 22.1 Å². The van der Waals surface area contributed by atoms with Crippen molar-refractivity contribution in [3.05, 3.63) is 57.8 Å². The van der Waals surface area contributed by atoms with Crippen molar-refractivity contribution in [3.8, 4) is 28.7 Å². The second kappa shape index (κ2) is 6.67. The van der Waals surface area contributed by atoms with Gasteiger partial charge in [-0.3, -0.25) is 4.57 Å². The molecule has 0 bridgehead atoms. The highest BCUT2D eigenvalue weighted by molar-refractivity contribution is 7.14. The summed E-state index contributed by atoms with van der Waals surface area (Å²) >= 11 is 7.71. The highest BCUT2D eigenvalue weighted by Crippen LogP contribution is 2.32. The van der Waals surface area contributed by atoms with Crippen molar-refractivity contribution in [3.63, 3.8) is 0 Å². The van der Waals surface area contributed by atoms with E-state index < -0.39 is 0 Å². The fourth-order valence-electron chi connectivity index (χ4n) is 2.18. The SMILES string of the molecule is Cc1cc(-c2sccc2Cl)nc(-n2cccc2C=C(C#N)C#N)n1. The Bertz CT molecular complexity index is 1000. The largest absolute Gasteiger partial charge is 0.286 e. The number of hydrogen-bond donors (Lipinski definition) is 0. The number of aromatic nitrogens is 3. The van der Waals surface area contributed by atoms with Gasteiger partial charge in [0.25, 0.3) is 0 Å². The van der Waals surface area contributed by atoms with E-state index in [0.29, 0.717) is 16.7 Å². The minimum atomic E-state index is 0.0177. The zero-order valence-corrected chi connectivity index (χ0v) is 14.1. The van der Waals surface area contributed by atoms with Crippen LogP contribution in [0.25, 0.3) is 22.6 Å². The van der Waals surface area contributed by atoms with Crippen LogP contribution in [0.2, 0.25) is 5.02 Å². The topological polar surface area (TPSA) is 78.3 Å². The summed E-state index contributed by atoms with van der Waals surface area (Å²) in [5, 5.41) is 20.4. The number of halogens is 1. The Kier molecular flexibility index (Phi) is 4.43. The Balaban J connectivity index is 2.13. The molecule has 0 amide bonds. The molecule has 3 aromatic heterocycles. The van der Waals surface area contributed by atoms with Gasteiger partial charge in [0.15, 0.2) is 0 Å². The van der Waals surface area contributed by atoms with Gasteiger partial charge in [-0.25, -0.2) is 9.97 Å². The number of allylic oxidation sites excluding steroid dienone is 1. The van der Waals surface area contributed by atoms with E-state index in [2.05, 4.69) is 9.97 Å². The smallest absolute Gasteiger partial charge is 0.234 e. The van der Waals surface area contributed by atoms with Gasteiger partial charge in [0.05, 0.1) is 21.3 Å². The van der Waals surface area contributed by atoms with E-state index in [9.17, 15) is 0 Å². The first-order valence-electron chi connectivity index (χ1n) is 6.91. The summed E-state index contributed by atoms with van der Waals surface area (Å²) in [7, 11) is 0. The van der Waals surface area contributed by atoms with Crippen LogP contribution in [-0.2, 0) is 0 Å². The highest BCUT2D eigenvalue weighted by atomic mass is 35.5. The van der Waals surface area contributed by atoms with Crippen LogP contribution < -0.4 is 0 Å². The molecule has 0 fully saturated rings. The van der Waals surface area contributed by atoms with Crippen molar-refractivity contribution in [1.29, 1.82) is 10.5 Å². The van der Waals surface area contributed by atoms with Gasteiger partial charge in [-0.15, -0.1) is 11.3 Å². The van der Waals surface area contributed by atoms with Crippen molar-refractivity contribution in [2.24, 2.45) is 0 Å². The monoisotopic (exact) mass is 351 g/mol. The van der Waals surface area contributed by atoms with Crippen LogP contribution in [-0.4, -0.2) is 14.5 Å². The van der Waals surface area contributed by atoms with E-state index in [1.54, 1.807) is 16.8 Å². The highest BCUT2D eigenvalue weighted by Gasteiger charge is 2.12. The maximum absolute atomic E-state index is 8.94. The molecule has 0 saturated heterocycles. The molecule has 3 aromatic rings. The number of nitriles is 2. The number of hydrogen-bond acceptors (Lipinski definition) is 5. The fraction of sp³-hybridized carbons (Fsp3) is 0.0588. The third-order valence-corrected chi connectivity index (χ3v) is 4.59. The van der Waals surface area contributed by atoms with Crippen molar-refractivity contribution in [1.82, 2.24) is 14.5 Å². The van der Waals surface area contributed by atoms with Gasteiger partial charge in [-0.2, -0.15) is 10.5 Å². The third-order valence-electron chi connectivity index (χ3n) is 3.22. The van der Waals surface area contributed by atoms with Crippen LogP contribution in [0.5, 0.6) is 0 Å². The summed E-state index contributed by atoms with van der Waals surface area (Å²) in [4.78, 5) is 9.91. The Labute approximate surface area is 147 Å². The number of aryl methyl sites for hydroxylation is 1. The first-order chi connectivity index (χ1) is 11.6. The molecule has 0 aliphatic carbocycles. The molecule has 5 nitrogen and oxygen atoms in total.